The number of carbonyl (C=O) groups excluding carboxylic acids is 2. The lowest BCUT2D eigenvalue weighted by atomic mass is 10.0. The van der Waals surface area contributed by atoms with E-state index in [9.17, 15) is 9.59 Å². The number of anilines is 2. The number of amides is 2. The van der Waals surface area contributed by atoms with Gasteiger partial charge in [-0.3, -0.25) is 14.5 Å². The molecule has 2 aromatic rings. The third kappa shape index (κ3) is 4.11. The van der Waals surface area contributed by atoms with Crippen LogP contribution in [0, 0.1) is 0 Å². The summed E-state index contributed by atoms with van der Waals surface area (Å²) in [5, 5.41) is 3.92. The number of nitrogens with one attached hydrogen (secondary N) is 1. The van der Waals surface area contributed by atoms with Crippen LogP contribution in [0.3, 0.4) is 0 Å². The molecule has 1 N–H and O–H groups in total. The van der Waals surface area contributed by atoms with Crippen molar-refractivity contribution in [2.24, 2.45) is 0 Å². The number of hydrogen-bond donors (Lipinski definition) is 1. The normalized spacial score (nSPS) is 14.0. The van der Waals surface area contributed by atoms with E-state index in [1.165, 1.54) is 4.90 Å². The van der Waals surface area contributed by atoms with Crippen LogP contribution in [0.5, 0.6) is 0 Å². The number of nitrogens with zero attached hydrogens (tertiary/aromatic N) is 2. The summed E-state index contributed by atoms with van der Waals surface area (Å²) in [4.78, 5) is 29.2. The van der Waals surface area contributed by atoms with Gasteiger partial charge >= 0.3 is 0 Å². The molecule has 0 saturated carbocycles. The zero-order valence-corrected chi connectivity index (χ0v) is 18.1. The van der Waals surface area contributed by atoms with Crippen LogP contribution in [-0.4, -0.2) is 36.3 Å². The first-order valence-corrected chi connectivity index (χ1v) is 10.3. The van der Waals surface area contributed by atoms with Gasteiger partial charge in [0.1, 0.15) is 5.70 Å². The second kappa shape index (κ2) is 8.89. The number of carbonyl (C=O) groups is 2. The van der Waals surface area contributed by atoms with E-state index in [-0.39, 0.29) is 29.6 Å². The van der Waals surface area contributed by atoms with E-state index in [4.69, 9.17) is 23.2 Å². The molecule has 0 radical (unpaired) electrons. The van der Waals surface area contributed by atoms with Crippen LogP contribution in [-0.2, 0) is 9.59 Å². The van der Waals surface area contributed by atoms with Crippen LogP contribution >= 0.6 is 23.2 Å². The van der Waals surface area contributed by atoms with Gasteiger partial charge in [-0.2, -0.15) is 0 Å². The zero-order valence-electron chi connectivity index (χ0n) is 16.6. The Kier molecular flexibility index (Phi) is 6.50. The third-order valence-electron chi connectivity index (χ3n) is 4.95. The summed E-state index contributed by atoms with van der Waals surface area (Å²) < 4.78 is 0. The molecule has 1 heterocycles. The molecular weight excluding hydrogens is 409 g/mol. The van der Waals surface area contributed by atoms with E-state index in [1.807, 2.05) is 24.3 Å². The third-order valence-corrected chi connectivity index (χ3v) is 5.50. The molecule has 7 heteroatoms. The molecule has 0 atom stereocenters. The molecule has 29 heavy (non-hydrogen) atoms. The SMILES string of the molecule is CCN1C(=O)C(Nc2ccc(N(CC)CC)cc2)=C(c2ccc(Cl)cc2Cl)C1=O. The van der Waals surface area contributed by atoms with E-state index in [1.54, 1.807) is 25.1 Å². The number of imide groups is 1. The molecule has 0 bridgehead atoms. The first kappa shape index (κ1) is 21.2. The molecule has 2 aromatic carbocycles. The fourth-order valence-electron chi connectivity index (χ4n) is 3.41. The highest BCUT2D eigenvalue weighted by molar-refractivity contribution is 6.41. The summed E-state index contributed by atoms with van der Waals surface area (Å²) in [5.74, 6) is -0.740. The number of rotatable bonds is 7. The highest BCUT2D eigenvalue weighted by atomic mass is 35.5. The second-order valence-corrected chi connectivity index (χ2v) is 7.42. The topological polar surface area (TPSA) is 52.7 Å². The van der Waals surface area contributed by atoms with E-state index in [0.717, 1.165) is 24.5 Å². The van der Waals surface area contributed by atoms with Crippen LogP contribution < -0.4 is 10.2 Å². The Morgan fingerprint density at radius 2 is 1.59 bits per heavy atom. The summed E-state index contributed by atoms with van der Waals surface area (Å²) in [7, 11) is 0. The molecule has 0 aliphatic carbocycles. The highest BCUT2D eigenvalue weighted by Gasteiger charge is 2.39. The summed E-state index contributed by atoms with van der Waals surface area (Å²) >= 11 is 12.3. The Labute approximate surface area is 180 Å². The molecule has 3 rings (SSSR count). The van der Waals surface area contributed by atoms with Crippen LogP contribution in [0.4, 0.5) is 11.4 Å². The maximum Gasteiger partial charge on any atom is 0.278 e. The van der Waals surface area contributed by atoms with Crippen molar-refractivity contribution in [3.63, 3.8) is 0 Å². The first-order chi connectivity index (χ1) is 13.9. The molecular formula is C22H23Cl2N3O2. The van der Waals surface area contributed by atoms with Crippen LogP contribution in [0.1, 0.15) is 26.3 Å². The average Bonchev–Trinajstić information content (AvgIpc) is 2.93. The Morgan fingerprint density at radius 1 is 0.931 bits per heavy atom. The molecule has 1 aliphatic rings. The van der Waals surface area contributed by atoms with Gasteiger partial charge < -0.3 is 10.2 Å². The molecule has 0 fully saturated rings. The number of benzene rings is 2. The van der Waals surface area contributed by atoms with Gasteiger partial charge in [0.05, 0.1) is 10.6 Å². The molecule has 5 nitrogen and oxygen atoms in total. The maximum absolute atomic E-state index is 12.9. The highest BCUT2D eigenvalue weighted by Crippen LogP contribution is 2.35. The fourth-order valence-corrected chi connectivity index (χ4v) is 3.91. The molecule has 0 unspecified atom stereocenters. The van der Waals surface area contributed by atoms with Crippen molar-refractivity contribution in [2.75, 3.05) is 29.9 Å². The van der Waals surface area contributed by atoms with Gasteiger partial charge in [0.2, 0.25) is 0 Å². The summed E-state index contributed by atoms with van der Waals surface area (Å²) in [5.41, 5.74) is 2.77. The van der Waals surface area contributed by atoms with E-state index in [2.05, 4.69) is 24.1 Å². The van der Waals surface area contributed by atoms with Crippen LogP contribution in [0.2, 0.25) is 10.0 Å². The zero-order chi connectivity index (χ0) is 21.1. The Morgan fingerprint density at radius 3 is 2.14 bits per heavy atom. The molecule has 0 spiro atoms. The van der Waals surface area contributed by atoms with Gasteiger partial charge in [-0.25, -0.2) is 0 Å². The molecule has 0 aromatic heterocycles. The summed E-state index contributed by atoms with van der Waals surface area (Å²) in [6, 6.07) is 12.7. The van der Waals surface area contributed by atoms with Gasteiger partial charge in [0.15, 0.2) is 0 Å². The van der Waals surface area contributed by atoms with Crippen molar-refractivity contribution < 1.29 is 9.59 Å². The largest absolute Gasteiger partial charge is 0.372 e. The number of halogens is 2. The predicted molar refractivity (Wildman–Crippen MR) is 119 cm³/mol. The standard InChI is InChI=1S/C22H23Cl2N3O2/c1-4-26(5-2)16-10-8-15(9-11-16)25-20-19(21(28)27(6-3)22(20)29)17-12-7-14(23)13-18(17)24/h7-13,25H,4-6H2,1-3H3. The van der Waals surface area contributed by atoms with Crippen LogP contribution in [0.15, 0.2) is 48.2 Å². The molecule has 1 aliphatic heterocycles. The number of hydrogen-bond acceptors (Lipinski definition) is 4. The van der Waals surface area contributed by atoms with Crippen molar-refractivity contribution in [3.8, 4) is 0 Å². The smallest absolute Gasteiger partial charge is 0.278 e. The fraction of sp³-hybridized carbons (Fsp3) is 0.273. The van der Waals surface area contributed by atoms with Gasteiger partial charge in [-0.1, -0.05) is 29.3 Å². The van der Waals surface area contributed by atoms with Crippen molar-refractivity contribution in [1.82, 2.24) is 4.90 Å². The second-order valence-electron chi connectivity index (χ2n) is 6.57. The lowest BCUT2D eigenvalue weighted by molar-refractivity contribution is -0.136. The quantitative estimate of drug-likeness (QED) is 0.622. The molecule has 2 amide bonds. The van der Waals surface area contributed by atoms with Crippen molar-refractivity contribution in [2.45, 2.75) is 20.8 Å². The van der Waals surface area contributed by atoms with Gasteiger partial charge in [-0.05, 0) is 57.2 Å². The van der Waals surface area contributed by atoms with Gasteiger partial charge in [0, 0.05) is 41.6 Å². The van der Waals surface area contributed by atoms with Crippen molar-refractivity contribution in [1.29, 1.82) is 0 Å². The van der Waals surface area contributed by atoms with E-state index < -0.39 is 0 Å². The molecule has 152 valence electrons. The van der Waals surface area contributed by atoms with Crippen molar-refractivity contribution >= 4 is 52.0 Å². The van der Waals surface area contributed by atoms with Gasteiger partial charge in [-0.15, -0.1) is 0 Å². The lowest BCUT2D eigenvalue weighted by Gasteiger charge is -2.21. The van der Waals surface area contributed by atoms with Crippen LogP contribution in [0.25, 0.3) is 5.57 Å². The maximum atomic E-state index is 12.9. The Balaban J connectivity index is 2.01. The minimum Gasteiger partial charge on any atom is -0.372 e. The monoisotopic (exact) mass is 431 g/mol. The number of likely N-dealkylation sites (N-methyl/N-ethyl adjacent to an activating group) is 1. The Hall–Kier alpha value is -2.50. The predicted octanol–water partition coefficient (Wildman–Crippen LogP) is 5.05. The Bertz CT molecular complexity index is 967. The van der Waals surface area contributed by atoms with Gasteiger partial charge in [0.25, 0.3) is 11.8 Å². The van der Waals surface area contributed by atoms with Crippen molar-refractivity contribution in [3.05, 3.63) is 63.8 Å². The first-order valence-electron chi connectivity index (χ1n) is 9.59. The summed E-state index contributed by atoms with van der Waals surface area (Å²) in [6.07, 6.45) is 0. The minimum absolute atomic E-state index is 0.219. The average molecular weight is 432 g/mol. The van der Waals surface area contributed by atoms with E-state index >= 15 is 0 Å². The van der Waals surface area contributed by atoms with E-state index in [0.29, 0.717) is 15.6 Å². The lowest BCUT2D eigenvalue weighted by Crippen LogP contribution is -2.32. The minimum atomic E-state index is -0.371. The molecule has 0 saturated heterocycles. The summed E-state index contributed by atoms with van der Waals surface area (Å²) in [6.45, 7) is 8.06.